The van der Waals surface area contributed by atoms with E-state index in [-0.39, 0.29) is 17.5 Å². The third kappa shape index (κ3) is 3.75. The fourth-order valence-electron chi connectivity index (χ4n) is 2.47. The van der Waals surface area contributed by atoms with E-state index in [1.54, 1.807) is 19.2 Å². The summed E-state index contributed by atoms with van der Waals surface area (Å²) in [5.74, 6) is 5.43. The summed E-state index contributed by atoms with van der Waals surface area (Å²) in [5.41, 5.74) is 3.55. The minimum absolute atomic E-state index is 0.0233. The molecule has 1 rings (SSSR count). The van der Waals surface area contributed by atoms with Crippen molar-refractivity contribution in [3.8, 4) is 0 Å². The minimum atomic E-state index is -0.310. The number of hydrazine groups is 1. The molecule has 0 aromatic heterocycles. The van der Waals surface area contributed by atoms with Gasteiger partial charge in [-0.3, -0.25) is 11.3 Å². The lowest BCUT2D eigenvalue weighted by Crippen LogP contribution is -2.55. The molecule has 1 aromatic carbocycles. The van der Waals surface area contributed by atoms with Crippen molar-refractivity contribution in [1.29, 1.82) is 0 Å². The molecule has 1 aromatic rings. The van der Waals surface area contributed by atoms with Crippen LogP contribution in [0.1, 0.15) is 32.3 Å². The summed E-state index contributed by atoms with van der Waals surface area (Å²) in [4.78, 5) is 0. The molecule has 0 bridgehead atoms. The second-order valence-corrected chi connectivity index (χ2v) is 5.50. The van der Waals surface area contributed by atoms with E-state index in [9.17, 15) is 4.39 Å². The van der Waals surface area contributed by atoms with Gasteiger partial charge in [0.2, 0.25) is 0 Å². The number of rotatable bonds is 7. The lowest BCUT2D eigenvalue weighted by Gasteiger charge is -2.38. The number of hydrogen-bond acceptors (Lipinski definition) is 3. The van der Waals surface area contributed by atoms with Crippen LogP contribution in [-0.2, 0) is 11.2 Å². The maximum Gasteiger partial charge on any atom is 0.137 e. The zero-order valence-electron chi connectivity index (χ0n) is 11.7. The summed E-state index contributed by atoms with van der Waals surface area (Å²) in [7, 11) is 1.71. The van der Waals surface area contributed by atoms with Crippen molar-refractivity contribution in [2.45, 2.75) is 44.8 Å². The summed E-state index contributed by atoms with van der Waals surface area (Å²) >= 11 is 3.20. The number of nitrogens with one attached hydrogen (secondary N) is 1. The van der Waals surface area contributed by atoms with Crippen molar-refractivity contribution >= 4 is 15.9 Å². The lowest BCUT2D eigenvalue weighted by molar-refractivity contribution is -0.0473. The van der Waals surface area contributed by atoms with E-state index < -0.39 is 0 Å². The van der Waals surface area contributed by atoms with Crippen molar-refractivity contribution in [3.05, 3.63) is 34.1 Å². The monoisotopic (exact) mass is 332 g/mol. The maximum atomic E-state index is 13.2. The highest BCUT2D eigenvalue weighted by atomic mass is 79.9. The summed E-state index contributed by atoms with van der Waals surface area (Å²) in [5, 5.41) is 0. The number of ether oxygens (including phenoxy) is 1. The lowest BCUT2D eigenvalue weighted by atomic mass is 9.85. The van der Waals surface area contributed by atoms with Gasteiger partial charge in [-0.15, -0.1) is 0 Å². The molecule has 1 atom stereocenters. The first-order valence-electron chi connectivity index (χ1n) is 6.48. The van der Waals surface area contributed by atoms with Crippen LogP contribution in [0.5, 0.6) is 0 Å². The van der Waals surface area contributed by atoms with Gasteiger partial charge in [0.15, 0.2) is 0 Å². The molecule has 0 aliphatic heterocycles. The van der Waals surface area contributed by atoms with E-state index in [0.717, 1.165) is 18.4 Å². The molecule has 5 heteroatoms. The first kappa shape index (κ1) is 16.6. The van der Waals surface area contributed by atoms with E-state index in [1.807, 2.05) is 0 Å². The van der Waals surface area contributed by atoms with Crippen LogP contribution in [0.2, 0.25) is 0 Å². The van der Waals surface area contributed by atoms with E-state index >= 15 is 0 Å². The Balaban J connectivity index is 2.95. The van der Waals surface area contributed by atoms with Gasteiger partial charge in [0, 0.05) is 7.11 Å². The van der Waals surface area contributed by atoms with Crippen molar-refractivity contribution in [2.75, 3.05) is 7.11 Å². The molecule has 0 aliphatic rings. The molecule has 0 amide bonds. The van der Waals surface area contributed by atoms with E-state index in [0.29, 0.717) is 10.9 Å². The predicted molar refractivity (Wildman–Crippen MR) is 79.2 cm³/mol. The highest BCUT2D eigenvalue weighted by Crippen LogP contribution is 2.27. The molecular formula is C14H22BrFN2O. The average molecular weight is 333 g/mol. The van der Waals surface area contributed by atoms with E-state index in [1.165, 1.54) is 6.07 Å². The van der Waals surface area contributed by atoms with Crippen molar-refractivity contribution < 1.29 is 9.13 Å². The van der Waals surface area contributed by atoms with Gasteiger partial charge in [-0.2, -0.15) is 0 Å². The number of benzene rings is 1. The van der Waals surface area contributed by atoms with Gasteiger partial charge < -0.3 is 4.74 Å². The fourth-order valence-corrected chi connectivity index (χ4v) is 2.90. The normalized spacial score (nSPS) is 13.6. The SMILES string of the molecule is CCC(CC)(OC)C(Cc1ccc(F)c(Br)c1)NN. The Morgan fingerprint density at radius 2 is 2.05 bits per heavy atom. The molecule has 19 heavy (non-hydrogen) atoms. The van der Waals surface area contributed by atoms with Crippen molar-refractivity contribution in [2.24, 2.45) is 5.84 Å². The van der Waals surface area contributed by atoms with Gasteiger partial charge in [0.05, 0.1) is 16.1 Å². The third-order valence-electron chi connectivity index (χ3n) is 3.86. The van der Waals surface area contributed by atoms with Crippen LogP contribution in [0.15, 0.2) is 22.7 Å². The average Bonchev–Trinajstić information content (AvgIpc) is 2.43. The van der Waals surface area contributed by atoms with Gasteiger partial charge in [-0.25, -0.2) is 4.39 Å². The molecule has 0 fully saturated rings. The molecule has 0 saturated carbocycles. The number of halogens is 2. The summed E-state index contributed by atoms with van der Waals surface area (Å²) in [6, 6.07) is 4.99. The number of methoxy groups -OCH3 is 1. The standard InChI is InChI=1S/C14H22BrFN2O/c1-4-14(5-2,19-3)13(18-17)9-10-6-7-12(16)11(15)8-10/h6-8,13,18H,4-5,9,17H2,1-3H3. The fraction of sp³-hybridized carbons (Fsp3) is 0.571. The number of nitrogens with two attached hydrogens (primary N) is 1. The first-order valence-corrected chi connectivity index (χ1v) is 7.27. The Morgan fingerprint density at radius 1 is 1.42 bits per heavy atom. The second-order valence-electron chi connectivity index (χ2n) is 4.65. The smallest absolute Gasteiger partial charge is 0.137 e. The molecule has 0 radical (unpaired) electrons. The van der Waals surface area contributed by atoms with Gasteiger partial charge in [0.25, 0.3) is 0 Å². The third-order valence-corrected chi connectivity index (χ3v) is 4.47. The Bertz CT molecular complexity index is 402. The van der Waals surface area contributed by atoms with Gasteiger partial charge in [0.1, 0.15) is 5.82 Å². The molecular weight excluding hydrogens is 311 g/mol. The van der Waals surface area contributed by atoms with Gasteiger partial charge >= 0.3 is 0 Å². The zero-order valence-corrected chi connectivity index (χ0v) is 13.3. The molecule has 108 valence electrons. The predicted octanol–water partition coefficient (Wildman–Crippen LogP) is 3.17. The molecule has 0 spiro atoms. The van der Waals surface area contributed by atoms with Crippen LogP contribution >= 0.6 is 15.9 Å². The number of hydrogen-bond donors (Lipinski definition) is 2. The highest BCUT2D eigenvalue weighted by molar-refractivity contribution is 9.10. The largest absolute Gasteiger partial charge is 0.377 e. The maximum absolute atomic E-state index is 13.2. The minimum Gasteiger partial charge on any atom is -0.377 e. The van der Waals surface area contributed by atoms with E-state index in [4.69, 9.17) is 10.6 Å². The van der Waals surface area contributed by atoms with E-state index in [2.05, 4.69) is 35.2 Å². The van der Waals surface area contributed by atoms with Crippen LogP contribution in [0.3, 0.4) is 0 Å². The van der Waals surface area contributed by atoms with Crippen LogP contribution in [-0.4, -0.2) is 18.8 Å². The van der Waals surface area contributed by atoms with Crippen molar-refractivity contribution in [3.63, 3.8) is 0 Å². The quantitative estimate of drug-likeness (QED) is 0.595. The summed E-state index contributed by atoms with van der Waals surface area (Å²) < 4.78 is 19.4. The molecule has 0 saturated heterocycles. The Kier molecular flexibility index (Phi) is 6.39. The van der Waals surface area contributed by atoms with Crippen LogP contribution in [0.4, 0.5) is 4.39 Å². The first-order chi connectivity index (χ1) is 9.02. The Morgan fingerprint density at radius 3 is 2.47 bits per heavy atom. The molecule has 3 nitrogen and oxygen atoms in total. The summed E-state index contributed by atoms with van der Waals surface area (Å²) in [6.07, 6.45) is 2.40. The van der Waals surface area contributed by atoms with Gasteiger partial charge in [-0.05, 0) is 52.9 Å². The molecule has 1 unspecified atom stereocenters. The summed E-state index contributed by atoms with van der Waals surface area (Å²) in [6.45, 7) is 4.16. The van der Waals surface area contributed by atoms with Crippen LogP contribution in [0, 0.1) is 5.82 Å². The van der Waals surface area contributed by atoms with Crippen LogP contribution in [0.25, 0.3) is 0 Å². The molecule has 3 N–H and O–H groups in total. The van der Waals surface area contributed by atoms with Gasteiger partial charge in [-0.1, -0.05) is 19.9 Å². The topological polar surface area (TPSA) is 47.3 Å². The van der Waals surface area contributed by atoms with Crippen molar-refractivity contribution in [1.82, 2.24) is 5.43 Å². The molecule has 0 heterocycles. The zero-order chi connectivity index (χ0) is 14.5. The molecule has 0 aliphatic carbocycles. The second kappa shape index (κ2) is 7.33. The van der Waals surface area contributed by atoms with Crippen LogP contribution < -0.4 is 11.3 Å². The Labute approximate surface area is 122 Å². The highest BCUT2D eigenvalue weighted by Gasteiger charge is 2.35. The Hall–Kier alpha value is -0.490.